The lowest BCUT2D eigenvalue weighted by atomic mass is 10.8. The fourth-order valence-electron chi connectivity index (χ4n) is 0.133. The van der Waals surface area contributed by atoms with Crippen molar-refractivity contribution in [3.05, 3.63) is 0 Å². The number of primary amides is 1. The zero-order valence-corrected chi connectivity index (χ0v) is 4.09. The minimum absolute atomic E-state index is 0.725. The molecule has 0 aromatic carbocycles. The van der Waals surface area contributed by atoms with Crippen molar-refractivity contribution in [2.75, 3.05) is 0 Å². The number of nitrogens with one attached hydrogen (secondary N) is 1. The molecule has 0 saturated carbocycles. The minimum atomic E-state index is -0.725. The van der Waals surface area contributed by atoms with Crippen LogP contribution >= 0.6 is 0 Å². The second-order valence-corrected chi connectivity index (χ2v) is 0.901. The van der Waals surface area contributed by atoms with Gasteiger partial charge in [0, 0.05) is 0 Å². The van der Waals surface area contributed by atoms with E-state index in [1.54, 1.807) is 0 Å². The number of amides is 2. The van der Waals surface area contributed by atoms with E-state index in [2.05, 4.69) is 16.8 Å². The van der Waals surface area contributed by atoms with Crippen LogP contribution in [0.1, 0.15) is 0 Å². The number of urea groups is 1. The Morgan fingerprint density at radius 1 is 2.00 bits per heavy atom. The average molecular weight is 111 g/mol. The SMILES string of the molecule is C#C/C=N/NC(N)=O. The van der Waals surface area contributed by atoms with Crippen molar-refractivity contribution in [3.8, 4) is 12.3 Å². The number of rotatable bonds is 1. The number of carbonyl (C=O) groups excluding carboxylic acids is 1. The van der Waals surface area contributed by atoms with E-state index >= 15 is 0 Å². The molecule has 0 rings (SSSR count). The maximum atomic E-state index is 9.80. The van der Waals surface area contributed by atoms with Gasteiger partial charge in [0.05, 0.1) is 6.21 Å². The van der Waals surface area contributed by atoms with Crippen LogP contribution in [-0.2, 0) is 0 Å². The van der Waals surface area contributed by atoms with E-state index in [1.165, 1.54) is 0 Å². The number of terminal acetylenes is 1. The fraction of sp³-hybridized carbons (Fsp3) is 0. The van der Waals surface area contributed by atoms with Crippen molar-refractivity contribution in [2.45, 2.75) is 0 Å². The molecule has 8 heavy (non-hydrogen) atoms. The molecule has 0 aromatic rings. The highest BCUT2D eigenvalue weighted by Gasteiger charge is 1.79. The second-order valence-electron chi connectivity index (χ2n) is 0.901. The normalized spacial score (nSPS) is 8.38. The second kappa shape index (κ2) is 3.68. The van der Waals surface area contributed by atoms with Crippen LogP contribution in [0.25, 0.3) is 0 Å². The highest BCUT2D eigenvalue weighted by molar-refractivity contribution is 5.79. The van der Waals surface area contributed by atoms with Crippen LogP contribution in [-0.4, -0.2) is 12.2 Å². The summed E-state index contributed by atoms with van der Waals surface area (Å²) in [6, 6.07) is -0.725. The first-order valence-corrected chi connectivity index (χ1v) is 1.80. The predicted octanol–water partition coefficient (Wildman–Crippen LogP) is -0.726. The van der Waals surface area contributed by atoms with E-state index in [4.69, 9.17) is 6.42 Å². The van der Waals surface area contributed by atoms with Gasteiger partial charge in [-0.25, -0.2) is 10.2 Å². The third-order valence-corrected chi connectivity index (χ3v) is 0.314. The molecule has 0 bridgehead atoms. The largest absolute Gasteiger partial charge is 0.350 e. The number of hydrogen-bond acceptors (Lipinski definition) is 2. The average Bonchev–Trinajstić information content (AvgIpc) is 1.66. The van der Waals surface area contributed by atoms with Gasteiger partial charge in [-0.2, -0.15) is 5.10 Å². The van der Waals surface area contributed by atoms with Crippen molar-refractivity contribution >= 4 is 12.2 Å². The van der Waals surface area contributed by atoms with E-state index in [1.807, 2.05) is 5.43 Å². The first-order valence-electron chi connectivity index (χ1n) is 1.80. The molecule has 0 spiro atoms. The Hall–Kier alpha value is -1.50. The van der Waals surface area contributed by atoms with E-state index in [0.717, 1.165) is 6.21 Å². The maximum absolute atomic E-state index is 9.80. The number of nitrogens with zero attached hydrogens (tertiary/aromatic N) is 1. The summed E-state index contributed by atoms with van der Waals surface area (Å²) < 4.78 is 0. The van der Waals surface area contributed by atoms with E-state index in [0.29, 0.717) is 0 Å². The molecular weight excluding hydrogens is 106 g/mol. The van der Waals surface area contributed by atoms with Gasteiger partial charge in [-0.1, -0.05) is 5.92 Å². The van der Waals surface area contributed by atoms with Gasteiger partial charge in [0.15, 0.2) is 0 Å². The Morgan fingerprint density at radius 3 is 3.00 bits per heavy atom. The van der Waals surface area contributed by atoms with Gasteiger partial charge < -0.3 is 5.73 Å². The van der Waals surface area contributed by atoms with Gasteiger partial charge in [0.2, 0.25) is 0 Å². The Labute approximate surface area is 46.8 Å². The summed E-state index contributed by atoms with van der Waals surface area (Å²) in [7, 11) is 0. The van der Waals surface area contributed by atoms with Crippen LogP contribution in [0.3, 0.4) is 0 Å². The molecule has 0 unspecified atom stereocenters. The van der Waals surface area contributed by atoms with Gasteiger partial charge >= 0.3 is 6.03 Å². The quantitative estimate of drug-likeness (QED) is 0.261. The van der Waals surface area contributed by atoms with Crippen LogP contribution in [0.4, 0.5) is 4.79 Å². The van der Waals surface area contributed by atoms with Gasteiger partial charge in [-0.3, -0.25) is 0 Å². The molecule has 0 heterocycles. The molecule has 0 fully saturated rings. The van der Waals surface area contributed by atoms with Crippen LogP contribution in [0.2, 0.25) is 0 Å². The summed E-state index contributed by atoms with van der Waals surface area (Å²) in [5, 5.41) is 3.20. The van der Waals surface area contributed by atoms with Crippen molar-refractivity contribution in [1.29, 1.82) is 0 Å². The molecule has 2 amide bonds. The summed E-state index contributed by atoms with van der Waals surface area (Å²) in [5.41, 5.74) is 6.51. The van der Waals surface area contributed by atoms with E-state index in [-0.39, 0.29) is 0 Å². The molecular formula is C4H5N3O. The monoisotopic (exact) mass is 111 g/mol. The standard InChI is InChI=1S/C4H5N3O/c1-2-3-6-7-4(5)8/h1,3H,(H3,5,7,8)/b6-3+. The smallest absolute Gasteiger partial charge is 0.332 e. The number of hydrazone groups is 1. The predicted molar refractivity (Wildman–Crippen MR) is 30.0 cm³/mol. The summed E-state index contributed by atoms with van der Waals surface area (Å²) >= 11 is 0. The van der Waals surface area contributed by atoms with Crippen LogP contribution in [0, 0.1) is 12.3 Å². The van der Waals surface area contributed by atoms with Crippen molar-refractivity contribution in [2.24, 2.45) is 10.8 Å². The molecule has 0 atom stereocenters. The zero-order chi connectivity index (χ0) is 6.41. The van der Waals surface area contributed by atoms with Gasteiger partial charge in [0.1, 0.15) is 0 Å². The van der Waals surface area contributed by atoms with Gasteiger partial charge in [0.25, 0.3) is 0 Å². The molecule has 4 nitrogen and oxygen atoms in total. The van der Waals surface area contributed by atoms with Gasteiger partial charge in [-0.15, -0.1) is 6.42 Å². The highest BCUT2D eigenvalue weighted by Crippen LogP contribution is 1.53. The topological polar surface area (TPSA) is 67.5 Å². The molecule has 0 aliphatic carbocycles. The van der Waals surface area contributed by atoms with E-state index in [9.17, 15) is 4.79 Å². The first-order chi connectivity index (χ1) is 3.77. The lowest BCUT2D eigenvalue weighted by molar-refractivity contribution is 0.249. The summed E-state index contributed by atoms with van der Waals surface area (Å²) in [6.07, 6.45) is 5.81. The Morgan fingerprint density at radius 2 is 2.62 bits per heavy atom. The maximum Gasteiger partial charge on any atom is 0.332 e. The molecule has 0 aromatic heterocycles. The van der Waals surface area contributed by atoms with E-state index < -0.39 is 6.03 Å². The molecule has 0 radical (unpaired) electrons. The zero-order valence-electron chi connectivity index (χ0n) is 4.09. The van der Waals surface area contributed by atoms with Crippen LogP contribution in [0.5, 0.6) is 0 Å². The summed E-state index contributed by atoms with van der Waals surface area (Å²) in [5.74, 6) is 2.06. The fourth-order valence-corrected chi connectivity index (χ4v) is 0.133. The summed E-state index contributed by atoms with van der Waals surface area (Å²) in [6.45, 7) is 0. The van der Waals surface area contributed by atoms with Crippen LogP contribution in [0.15, 0.2) is 5.10 Å². The minimum Gasteiger partial charge on any atom is -0.350 e. The summed E-state index contributed by atoms with van der Waals surface area (Å²) in [4.78, 5) is 9.80. The highest BCUT2D eigenvalue weighted by atomic mass is 16.2. The lowest BCUT2D eigenvalue weighted by Gasteiger charge is -1.84. The molecule has 0 aliphatic rings. The van der Waals surface area contributed by atoms with Crippen LogP contribution < -0.4 is 11.2 Å². The lowest BCUT2D eigenvalue weighted by Crippen LogP contribution is -2.24. The van der Waals surface area contributed by atoms with Gasteiger partial charge in [-0.05, 0) is 0 Å². The molecule has 4 heteroatoms. The first kappa shape index (κ1) is 6.50. The molecule has 0 aliphatic heterocycles. The molecule has 0 saturated heterocycles. The Kier molecular flexibility index (Phi) is 2.99. The number of hydrogen-bond donors (Lipinski definition) is 2. The third kappa shape index (κ3) is 4.50. The molecule has 3 N–H and O–H groups in total. The Bertz CT molecular complexity index is 144. The molecule has 42 valence electrons. The van der Waals surface area contributed by atoms with Crippen molar-refractivity contribution in [3.63, 3.8) is 0 Å². The number of carbonyl (C=O) groups is 1. The Balaban J connectivity index is 3.34. The number of nitrogens with two attached hydrogens (primary N) is 1. The van der Waals surface area contributed by atoms with Crippen molar-refractivity contribution in [1.82, 2.24) is 5.43 Å². The van der Waals surface area contributed by atoms with Crippen molar-refractivity contribution < 1.29 is 4.79 Å². The third-order valence-electron chi connectivity index (χ3n) is 0.314.